The minimum Gasteiger partial charge on any atom is -0.453 e. The number of fused-ring (bicyclic) bond motifs is 1. The largest absolute Gasteiger partial charge is 0.453 e. The molecular weight excluding hydrogens is 467 g/mol. The van der Waals surface area contributed by atoms with Crippen molar-refractivity contribution in [1.29, 1.82) is 5.26 Å². The first-order chi connectivity index (χ1) is 15.5. The standard InChI is InChI=1S/C19H14F3N5O5S/c1-31-27-10-24-15-4-2-11(6-12(15)18(27)28)32-17-13(7-23)16(5-3-14(17)20)25-33(29,30)26-8-19(21,22)9-26/h2-6,10,25H,8-9H2,1H3. The molecule has 33 heavy (non-hydrogen) atoms. The van der Waals surface area contributed by atoms with E-state index in [9.17, 15) is 31.6 Å². The highest BCUT2D eigenvalue weighted by Gasteiger charge is 2.49. The summed E-state index contributed by atoms with van der Waals surface area (Å²) in [6, 6.07) is 7.51. The summed E-state index contributed by atoms with van der Waals surface area (Å²) in [6.45, 7) is -2.03. The summed E-state index contributed by atoms with van der Waals surface area (Å²) in [5.74, 6) is -4.81. The molecule has 0 saturated carbocycles. The second-order valence-corrected chi connectivity index (χ2v) is 8.65. The van der Waals surface area contributed by atoms with E-state index in [-0.39, 0.29) is 16.8 Å². The zero-order valence-electron chi connectivity index (χ0n) is 16.8. The molecule has 0 amide bonds. The Bertz CT molecular complexity index is 1460. The van der Waals surface area contributed by atoms with Crippen molar-refractivity contribution in [2.45, 2.75) is 5.92 Å². The second-order valence-electron chi connectivity index (χ2n) is 6.98. The van der Waals surface area contributed by atoms with Crippen LogP contribution in [0.1, 0.15) is 5.56 Å². The van der Waals surface area contributed by atoms with E-state index >= 15 is 0 Å². The Hall–Kier alpha value is -3.83. The third-order valence-corrected chi connectivity index (χ3v) is 6.15. The SMILES string of the molecule is COn1cnc2ccc(Oc3c(F)ccc(NS(=O)(=O)N4CC(F)(F)C4)c3C#N)cc2c1=O. The number of hydrogen-bond donors (Lipinski definition) is 1. The minimum absolute atomic E-state index is 0.0481. The molecule has 2 heterocycles. The van der Waals surface area contributed by atoms with Crippen molar-refractivity contribution in [3.63, 3.8) is 0 Å². The summed E-state index contributed by atoms with van der Waals surface area (Å²) in [6.07, 6.45) is 1.17. The predicted octanol–water partition coefficient (Wildman–Crippen LogP) is 1.87. The first kappa shape index (κ1) is 22.4. The quantitative estimate of drug-likeness (QED) is 0.570. The van der Waals surface area contributed by atoms with E-state index in [0.29, 0.717) is 9.82 Å². The van der Waals surface area contributed by atoms with E-state index in [1.807, 2.05) is 4.72 Å². The molecule has 4 rings (SSSR count). The van der Waals surface area contributed by atoms with Gasteiger partial charge in [-0.1, -0.05) is 0 Å². The number of ether oxygens (including phenoxy) is 1. The molecule has 0 spiro atoms. The van der Waals surface area contributed by atoms with Crippen LogP contribution < -0.4 is 19.9 Å². The molecule has 0 aliphatic carbocycles. The Morgan fingerprint density at radius 1 is 1.24 bits per heavy atom. The number of nitrogens with zero attached hydrogens (tertiary/aromatic N) is 4. The number of rotatable bonds is 6. The second kappa shape index (κ2) is 7.94. The van der Waals surface area contributed by atoms with Crippen molar-refractivity contribution >= 4 is 26.8 Å². The number of alkyl halides is 2. The zero-order valence-corrected chi connectivity index (χ0v) is 17.6. The molecule has 1 aromatic heterocycles. The van der Waals surface area contributed by atoms with Crippen molar-refractivity contribution in [2.75, 3.05) is 24.9 Å². The van der Waals surface area contributed by atoms with Gasteiger partial charge in [-0.05, 0) is 30.3 Å². The van der Waals surface area contributed by atoms with Crippen molar-refractivity contribution < 1.29 is 31.2 Å². The zero-order chi connectivity index (χ0) is 24.0. The van der Waals surface area contributed by atoms with Crippen LogP contribution >= 0.6 is 0 Å². The summed E-state index contributed by atoms with van der Waals surface area (Å²) < 4.78 is 74.1. The number of hydrogen-bond acceptors (Lipinski definition) is 7. The average molecular weight is 481 g/mol. The summed E-state index contributed by atoms with van der Waals surface area (Å²) >= 11 is 0. The lowest BCUT2D eigenvalue weighted by Crippen LogP contribution is -2.59. The fourth-order valence-corrected chi connectivity index (χ4v) is 4.39. The molecule has 3 aromatic rings. The van der Waals surface area contributed by atoms with Crippen LogP contribution in [0.3, 0.4) is 0 Å². The van der Waals surface area contributed by atoms with Gasteiger partial charge in [0.2, 0.25) is 0 Å². The topological polar surface area (TPSA) is 127 Å². The van der Waals surface area contributed by atoms with Crippen LogP contribution in [-0.2, 0) is 10.2 Å². The summed E-state index contributed by atoms with van der Waals surface area (Å²) in [5.41, 5.74) is -1.16. The first-order valence-electron chi connectivity index (χ1n) is 9.17. The molecule has 14 heteroatoms. The molecule has 1 aliphatic rings. The van der Waals surface area contributed by atoms with Crippen molar-refractivity contribution in [3.8, 4) is 17.6 Å². The highest BCUT2D eigenvalue weighted by Crippen LogP contribution is 2.35. The summed E-state index contributed by atoms with van der Waals surface area (Å²) in [7, 11) is -3.16. The summed E-state index contributed by atoms with van der Waals surface area (Å²) in [4.78, 5) is 21.3. The van der Waals surface area contributed by atoms with E-state index in [1.54, 1.807) is 6.07 Å². The number of nitriles is 1. The Balaban J connectivity index is 1.70. The van der Waals surface area contributed by atoms with Gasteiger partial charge in [0.25, 0.3) is 11.5 Å². The van der Waals surface area contributed by atoms with Crippen LogP contribution in [0, 0.1) is 17.1 Å². The molecule has 1 saturated heterocycles. The fraction of sp³-hybridized carbons (Fsp3) is 0.211. The van der Waals surface area contributed by atoms with E-state index < -0.39 is 51.9 Å². The molecular formula is C19H14F3N5O5S. The number of aromatic nitrogens is 2. The maximum atomic E-state index is 14.5. The Kier molecular flexibility index (Phi) is 5.38. The third kappa shape index (κ3) is 4.15. The molecule has 10 nitrogen and oxygen atoms in total. The lowest BCUT2D eigenvalue weighted by atomic mass is 10.1. The van der Waals surface area contributed by atoms with Gasteiger partial charge >= 0.3 is 10.2 Å². The van der Waals surface area contributed by atoms with Crippen LogP contribution in [-0.4, -0.2) is 48.6 Å². The maximum absolute atomic E-state index is 14.5. The smallest absolute Gasteiger partial charge is 0.302 e. The van der Waals surface area contributed by atoms with Gasteiger partial charge in [-0.3, -0.25) is 9.52 Å². The predicted molar refractivity (Wildman–Crippen MR) is 109 cm³/mol. The van der Waals surface area contributed by atoms with Crippen LogP contribution in [0.15, 0.2) is 41.5 Å². The van der Waals surface area contributed by atoms with Gasteiger partial charge in [0.1, 0.15) is 30.8 Å². The average Bonchev–Trinajstić information content (AvgIpc) is 2.75. The highest BCUT2D eigenvalue weighted by atomic mass is 32.2. The lowest BCUT2D eigenvalue weighted by molar-refractivity contribution is -0.0942. The minimum atomic E-state index is -4.42. The molecule has 0 radical (unpaired) electrons. The van der Waals surface area contributed by atoms with Gasteiger partial charge in [-0.15, -0.1) is 4.73 Å². The Morgan fingerprint density at radius 3 is 2.61 bits per heavy atom. The van der Waals surface area contributed by atoms with E-state index in [1.165, 1.54) is 31.6 Å². The number of benzene rings is 2. The van der Waals surface area contributed by atoms with Crippen LogP contribution in [0.2, 0.25) is 0 Å². The van der Waals surface area contributed by atoms with E-state index in [2.05, 4.69) is 4.98 Å². The number of halogens is 3. The van der Waals surface area contributed by atoms with Gasteiger partial charge in [0, 0.05) is 0 Å². The Morgan fingerprint density at radius 2 is 1.97 bits per heavy atom. The molecule has 1 aliphatic heterocycles. The van der Waals surface area contributed by atoms with Crippen LogP contribution in [0.5, 0.6) is 11.5 Å². The molecule has 0 bridgehead atoms. The normalized spacial score (nSPS) is 15.5. The molecule has 0 atom stereocenters. The van der Waals surface area contributed by atoms with Crippen LogP contribution in [0.4, 0.5) is 18.9 Å². The van der Waals surface area contributed by atoms with Gasteiger partial charge in [-0.25, -0.2) is 18.2 Å². The maximum Gasteiger partial charge on any atom is 0.302 e. The van der Waals surface area contributed by atoms with Crippen molar-refractivity contribution in [2.24, 2.45) is 0 Å². The third-order valence-electron chi connectivity index (χ3n) is 4.73. The first-order valence-corrected chi connectivity index (χ1v) is 10.6. The summed E-state index contributed by atoms with van der Waals surface area (Å²) in [5, 5.41) is 9.61. The highest BCUT2D eigenvalue weighted by molar-refractivity contribution is 7.90. The van der Waals surface area contributed by atoms with E-state index in [0.717, 1.165) is 16.9 Å². The molecule has 2 aromatic carbocycles. The fourth-order valence-electron chi connectivity index (χ4n) is 3.09. The monoisotopic (exact) mass is 481 g/mol. The van der Waals surface area contributed by atoms with Crippen LogP contribution in [0.25, 0.3) is 10.9 Å². The molecule has 0 unspecified atom stereocenters. The van der Waals surface area contributed by atoms with E-state index in [4.69, 9.17) is 9.57 Å². The molecule has 1 fully saturated rings. The van der Waals surface area contributed by atoms with Gasteiger partial charge in [0.05, 0.1) is 29.7 Å². The van der Waals surface area contributed by atoms with Gasteiger partial charge in [0.15, 0.2) is 11.6 Å². The van der Waals surface area contributed by atoms with Crippen molar-refractivity contribution in [1.82, 2.24) is 14.0 Å². The number of nitrogens with one attached hydrogen (secondary N) is 1. The van der Waals surface area contributed by atoms with Crippen molar-refractivity contribution in [3.05, 3.63) is 58.4 Å². The van der Waals surface area contributed by atoms with Gasteiger partial charge < -0.3 is 9.57 Å². The number of anilines is 1. The molecule has 1 N–H and O–H groups in total. The lowest BCUT2D eigenvalue weighted by Gasteiger charge is -2.37. The molecule has 172 valence electrons. The van der Waals surface area contributed by atoms with Gasteiger partial charge in [-0.2, -0.15) is 18.0 Å². The Labute approximate surface area is 184 Å².